The van der Waals surface area contributed by atoms with Gasteiger partial charge < -0.3 is 4.74 Å². The minimum Gasteiger partial charge on any atom is -0.497 e. The van der Waals surface area contributed by atoms with E-state index in [1.54, 1.807) is 12.1 Å². The number of Topliss-reactive ketones (excluding diaryl/α,β-unsaturated/α-hetero) is 1. The Hall–Kier alpha value is -1.41. The Morgan fingerprint density at radius 2 is 1.60 bits per heavy atom. The van der Waals surface area contributed by atoms with Crippen LogP contribution in [0.25, 0.3) is 0 Å². The van der Waals surface area contributed by atoms with E-state index >= 15 is 0 Å². The number of ketones is 1. The molecule has 0 aliphatic rings. The van der Waals surface area contributed by atoms with Crippen LogP contribution in [0.15, 0.2) is 24.3 Å². The quantitative estimate of drug-likeness (QED) is 0.672. The lowest BCUT2D eigenvalue weighted by Gasteiger charge is -2.04. The summed E-state index contributed by atoms with van der Waals surface area (Å²) >= 11 is 0. The van der Waals surface area contributed by atoms with E-state index in [1.807, 2.05) is 0 Å². The van der Waals surface area contributed by atoms with Gasteiger partial charge in [-0.2, -0.15) is 0 Å². The molecule has 0 bridgehead atoms. The van der Waals surface area contributed by atoms with E-state index in [9.17, 15) is 21.6 Å². The zero-order valence-corrected chi connectivity index (χ0v) is 12.8. The van der Waals surface area contributed by atoms with Crippen LogP contribution < -0.4 is 4.74 Å². The Morgan fingerprint density at radius 1 is 1.05 bits per heavy atom. The van der Waals surface area contributed by atoms with Crippen LogP contribution in [-0.2, 0) is 19.7 Å². The lowest BCUT2D eigenvalue weighted by Crippen LogP contribution is -2.23. The second kappa shape index (κ2) is 6.36. The number of hydrogen-bond acceptors (Lipinski definition) is 6. The van der Waals surface area contributed by atoms with Crippen LogP contribution in [0.2, 0.25) is 0 Å². The summed E-state index contributed by atoms with van der Waals surface area (Å²) in [7, 11) is -5.63. The predicted octanol–water partition coefficient (Wildman–Crippen LogP) is 0.337. The lowest BCUT2D eigenvalue weighted by molar-refractivity contribution is 0.102. The van der Waals surface area contributed by atoms with Gasteiger partial charge in [0.15, 0.2) is 15.6 Å². The molecule has 0 heterocycles. The molecule has 0 saturated carbocycles. The van der Waals surface area contributed by atoms with E-state index in [0.717, 1.165) is 6.26 Å². The summed E-state index contributed by atoms with van der Waals surface area (Å²) in [5.74, 6) is -1.74. The van der Waals surface area contributed by atoms with Crippen LogP contribution in [0.1, 0.15) is 10.4 Å². The number of ether oxygens (including phenoxy) is 1. The molecule has 0 aliphatic carbocycles. The van der Waals surface area contributed by atoms with Gasteiger partial charge in [0.1, 0.15) is 21.3 Å². The monoisotopic (exact) mass is 320 g/mol. The summed E-state index contributed by atoms with van der Waals surface area (Å²) in [5.41, 5.74) is 0.244. The van der Waals surface area contributed by atoms with Gasteiger partial charge in [0.2, 0.25) is 0 Å². The second-order valence-electron chi connectivity index (χ2n) is 4.37. The number of sulfone groups is 2. The average molecular weight is 320 g/mol. The SMILES string of the molecule is COc1ccc(C(=O)CS(=O)(=O)CCS(C)(=O)=O)cc1. The van der Waals surface area contributed by atoms with Crippen molar-refractivity contribution >= 4 is 25.5 Å². The van der Waals surface area contributed by atoms with Gasteiger partial charge in [-0.1, -0.05) is 0 Å². The van der Waals surface area contributed by atoms with Crippen molar-refractivity contribution in [3.05, 3.63) is 29.8 Å². The van der Waals surface area contributed by atoms with E-state index in [0.29, 0.717) is 5.75 Å². The zero-order valence-electron chi connectivity index (χ0n) is 11.2. The lowest BCUT2D eigenvalue weighted by atomic mass is 10.1. The fourth-order valence-corrected chi connectivity index (χ4v) is 4.35. The fraction of sp³-hybridized carbons (Fsp3) is 0.417. The van der Waals surface area contributed by atoms with Crippen molar-refractivity contribution in [3.8, 4) is 5.75 Å². The maximum atomic E-state index is 11.8. The summed E-state index contributed by atoms with van der Waals surface area (Å²) in [6.07, 6.45) is 0.952. The van der Waals surface area contributed by atoms with Crippen molar-refractivity contribution in [2.75, 3.05) is 30.6 Å². The van der Waals surface area contributed by atoms with Crippen molar-refractivity contribution < 1.29 is 26.4 Å². The number of carbonyl (C=O) groups is 1. The van der Waals surface area contributed by atoms with Crippen LogP contribution in [-0.4, -0.2) is 53.2 Å². The third-order valence-corrected chi connectivity index (χ3v) is 5.26. The van der Waals surface area contributed by atoms with Crippen LogP contribution in [0.3, 0.4) is 0 Å². The topological polar surface area (TPSA) is 94.6 Å². The second-order valence-corrected chi connectivity index (χ2v) is 8.82. The van der Waals surface area contributed by atoms with Gasteiger partial charge in [0.25, 0.3) is 0 Å². The molecule has 0 fully saturated rings. The molecule has 1 aromatic rings. The zero-order chi connectivity index (χ0) is 15.4. The minimum atomic E-state index is -3.74. The van der Waals surface area contributed by atoms with E-state index in [1.165, 1.54) is 19.2 Å². The Kier molecular flexibility index (Phi) is 5.29. The molecule has 0 spiro atoms. The first-order valence-corrected chi connectivity index (χ1v) is 9.56. The molecule has 0 aromatic heterocycles. The fourth-order valence-electron chi connectivity index (χ4n) is 1.41. The molecule has 0 saturated heterocycles. The third kappa shape index (κ3) is 5.70. The number of benzene rings is 1. The van der Waals surface area contributed by atoms with Crippen molar-refractivity contribution in [3.63, 3.8) is 0 Å². The first kappa shape index (κ1) is 16.6. The molecule has 0 unspecified atom stereocenters. The van der Waals surface area contributed by atoms with Gasteiger partial charge in [-0.3, -0.25) is 4.79 Å². The highest BCUT2D eigenvalue weighted by atomic mass is 32.2. The highest BCUT2D eigenvalue weighted by Crippen LogP contribution is 2.12. The summed E-state index contributed by atoms with van der Waals surface area (Å²) < 4.78 is 50.2. The van der Waals surface area contributed by atoms with Gasteiger partial charge in [0, 0.05) is 11.8 Å². The molecule has 6 nitrogen and oxygen atoms in total. The van der Waals surface area contributed by atoms with Crippen LogP contribution >= 0.6 is 0 Å². The number of methoxy groups -OCH3 is 1. The number of rotatable bonds is 7. The average Bonchev–Trinajstić information content (AvgIpc) is 2.35. The van der Waals surface area contributed by atoms with E-state index in [4.69, 9.17) is 4.74 Å². The molecule has 0 atom stereocenters. The van der Waals surface area contributed by atoms with Crippen LogP contribution in [0.5, 0.6) is 5.75 Å². The predicted molar refractivity (Wildman–Crippen MR) is 75.7 cm³/mol. The first-order valence-electron chi connectivity index (χ1n) is 5.68. The summed E-state index contributed by atoms with van der Waals surface area (Å²) in [5, 5.41) is 0. The smallest absolute Gasteiger partial charge is 0.177 e. The van der Waals surface area contributed by atoms with Gasteiger partial charge in [-0.05, 0) is 24.3 Å². The van der Waals surface area contributed by atoms with Gasteiger partial charge in [0.05, 0.1) is 18.6 Å². The Bertz CT molecular complexity index is 671. The van der Waals surface area contributed by atoms with Crippen molar-refractivity contribution in [2.24, 2.45) is 0 Å². The molecule has 8 heteroatoms. The van der Waals surface area contributed by atoms with E-state index < -0.39 is 42.7 Å². The van der Waals surface area contributed by atoms with Crippen molar-refractivity contribution in [1.29, 1.82) is 0 Å². The van der Waals surface area contributed by atoms with Crippen LogP contribution in [0, 0.1) is 0 Å². The first-order chi connectivity index (χ1) is 9.13. The van der Waals surface area contributed by atoms with Gasteiger partial charge in [-0.25, -0.2) is 16.8 Å². The maximum absolute atomic E-state index is 11.8. The van der Waals surface area contributed by atoms with Crippen LogP contribution in [0.4, 0.5) is 0 Å². The Balaban J connectivity index is 2.73. The minimum absolute atomic E-state index is 0.244. The molecule has 1 rings (SSSR count). The molecule has 20 heavy (non-hydrogen) atoms. The van der Waals surface area contributed by atoms with E-state index in [-0.39, 0.29) is 5.56 Å². The van der Waals surface area contributed by atoms with Crippen molar-refractivity contribution in [1.82, 2.24) is 0 Å². The molecular weight excluding hydrogens is 304 g/mol. The third-order valence-electron chi connectivity index (χ3n) is 2.53. The summed E-state index contributed by atoms with van der Waals surface area (Å²) in [6, 6.07) is 6.03. The van der Waals surface area contributed by atoms with Gasteiger partial charge in [-0.15, -0.1) is 0 Å². The molecule has 1 aromatic carbocycles. The molecule has 0 aliphatic heterocycles. The Morgan fingerprint density at radius 3 is 2.05 bits per heavy atom. The maximum Gasteiger partial charge on any atom is 0.177 e. The molecule has 112 valence electrons. The largest absolute Gasteiger partial charge is 0.497 e. The number of carbonyl (C=O) groups excluding carboxylic acids is 1. The van der Waals surface area contributed by atoms with E-state index in [2.05, 4.69) is 0 Å². The Labute approximate surface area is 118 Å². The molecule has 0 N–H and O–H groups in total. The molecule has 0 amide bonds. The molecule has 0 radical (unpaired) electrons. The normalized spacial score (nSPS) is 12.1. The highest BCUT2D eigenvalue weighted by Gasteiger charge is 2.20. The summed E-state index contributed by atoms with van der Waals surface area (Å²) in [6.45, 7) is 0. The standard InChI is InChI=1S/C12H16O6S2/c1-18-11-5-3-10(4-6-11)12(13)9-20(16,17)8-7-19(2,14)15/h3-6H,7-9H2,1-2H3. The summed E-state index contributed by atoms with van der Waals surface area (Å²) in [4.78, 5) is 11.8. The van der Waals surface area contributed by atoms with Gasteiger partial charge >= 0.3 is 0 Å². The molecular formula is C12H16O6S2. The highest BCUT2D eigenvalue weighted by molar-refractivity contribution is 7.95. The number of hydrogen-bond donors (Lipinski definition) is 0. The van der Waals surface area contributed by atoms with Crippen molar-refractivity contribution in [2.45, 2.75) is 0 Å².